The van der Waals surface area contributed by atoms with Crippen LogP contribution in [0.1, 0.15) is 121 Å². The topological polar surface area (TPSA) is 268 Å². The number of allylic oxidation sites excluding steroid dienone is 6. The number of rotatable bonds is 12. The van der Waals surface area contributed by atoms with Crippen LogP contribution in [0.25, 0.3) is 0 Å². The molecule has 0 saturated heterocycles. The van der Waals surface area contributed by atoms with Crippen LogP contribution >= 0.6 is 0 Å². The number of nitrogens with zero attached hydrogens (tertiary/aromatic N) is 2. The highest BCUT2D eigenvalue weighted by Gasteiger charge is 2.48. The Kier molecular flexibility index (Phi) is 17.7. The molecule has 0 radical (unpaired) electrons. The molecule has 2 aromatic rings. The zero-order valence-electron chi connectivity index (χ0n) is 37.5. The molecule has 2 aromatic carbocycles. The fourth-order valence-electron chi connectivity index (χ4n) is 9.34. The first kappa shape index (κ1) is 52.2. The number of amides is 2. The second-order valence-electron chi connectivity index (χ2n) is 17.6. The quantitative estimate of drug-likeness (QED) is 0.0923. The molecule has 0 aromatic heterocycles. The standard InChI is InChI=1S/C46H62N4O13S3/c1-45(26-13-5-11-20-44(53)54)36-32-34(65(58,59)60)21-23-38(36)49-29-14-6-10-19-43(52)48-28-27-47-42(51)18-9-4-12-25-46(2)37-33-35(66(61,62)63)22-24-39(37)50(30-15-31-64(55,56)57)41(46)17-8-3-7-16-40(45)49/h3,7-8,16-17,21-24,32-33H,4-6,9-15,18-20,25-31H2,1-2H3,(H5-,47,48,51,52,53,54,55,56,57,58,59,60,61,62,63). The zero-order chi connectivity index (χ0) is 48.3. The highest BCUT2D eigenvalue weighted by atomic mass is 32.2. The zero-order valence-corrected chi connectivity index (χ0v) is 40.0. The number of benzene rings is 2. The van der Waals surface area contributed by atoms with Gasteiger partial charge in [-0.2, -0.15) is 21.4 Å². The molecule has 5 N–H and O–H groups in total. The summed E-state index contributed by atoms with van der Waals surface area (Å²) in [5, 5.41) is 14.9. The number of nitrogens with one attached hydrogen (secondary N) is 2. The van der Waals surface area contributed by atoms with Crippen molar-refractivity contribution in [3.8, 4) is 0 Å². The van der Waals surface area contributed by atoms with Gasteiger partial charge in [-0.15, -0.1) is 0 Å². The SMILES string of the molecule is CC1(CCCCCC(=O)O)C2=CC=CC=CC3=[N+](CCCS(=O)(=O)O)c4ccc(S(=O)(=O)O)cc4C3(C)CCCCCC(=O)NCCNC(=O)CCCCCN2c2ccc(S(=O)(=O)[O-])cc21. The molecule has 3 heterocycles. The third-order valence-electron chi connectivity index (χ3n) is 12.7. The number of aliphatic carboxylic acids is 1. The van der Waals surface area contributed by atoms with Crippen molar-refractivity contribution in [2.24, 2.45) is 0 Å². The van der Waals surface area contributed by atoms with Gasteiger partial charge < -0.3 is 25.2 Å². The Hall–Kier alpha value is -4.73. The van der Waals surface area contributed by atoms with Crippen molar-refractivity contribution in [2.75, 3.05) is 36.8 Å². The number of carboxylic acids is 1. The number of carbonyl (C=O) groups excluding carboxylic acids is 2. The number of unbranched alkanes of at least 4 members (excludes halogenated alkanes) is 2. The Morgan fingerprint density at radius 3 is 2.08 bits per heavy atom. The van der Waals surface area contributed by atoms with E-state index < -0.39 is 52.9 Å². The monoisotopic (exact) mass is 974 g/mol. The lowest BCUT2D eigenvalue weighted by Gasteiger charge is -2.30. The highest BCUT2D eigenvalue weighted by molar-refractivity contribution is 7.86. The highest BCUT2D eigenvalue weighted by Crippen LogP contribution is 2.52. The lowest BCUT2D eigenvalue weighted by molar-refractivity contribution is -0.437. The van der Waals surface area contributed by atoms with Crippen molar-refractivity contribution in [2.45, 2.75) is 131 Å². The molecule has 2 amide bonds. The van der Waals surface area contributed by atoms with Crippen LogP contribution in [-0.2, 0) is 55.6 Å². The maximum Gasteiger partial charge on any atom is 0.303 e. The van der Waals surface area contributed by atoms with Crippen LogP contribution in [0.2, 0.25) is 0 Å². The maximum absolute atomic E-state index is 12.7. The molecule has 0 saturated carbocycles. The Labute approximate surface area is 388 Å². The summed E-state index contributed by atoms with van der Waals surface area (Å²) in [5.41, 5.74) is 2.41. The molecule has 0 fully saturated rings. The lowest BCUT2D eigenvalue weighted by Crippen LogP contribution is -2.34. The molecule has 362 valence electrons. The molecule has 2 atom stereocenters. The van der Waals surface area contributed by atoms with Gasteiger partial charge in [0.25, 0.3) is 20.2 Å². The summed E-state index contributed by atoms with van der Waals surface area (Å²) in [7, 11) is -13.7. The first-order valence-corrected chi connectivity index (χ1v) is 26.9. The maximum atomic E-state index is 12.7. The van der Waals surface area contributed by atoms with E-state index in [0.717, 1.165) is 11.4 Å². The Balaban J connectivity index is 1.60. The summed E-state index contributed by atoms with van der Waals surface area (Å²) in [6.07, 6.45) is 16.2. The summed E-state index contributed by atoms with van der Waals surface area (Å²) in [5.74, 6) is -1.71. The van der Waals surface area contributed by atoms with Crippen molar-refractivity contribution in [1.82, 2.24) is 10.6 Å². The van der Waals surface area contributed by atoms with Crippen molar-refractivity contribution in [3.63, 3.8) is 0 Å². The average molecular weight is 975 g/mol. The number of carboxylic acid groups (broad SMARTS) is 1. The largest absolute Gasteiger partial charge is 0.744 e. The second kappa shape index (κ2) is 22.4. The third kappa shape index (κ3) is 13.7. The molecule has 3 aliphatic rings. The summed E-state index contributed by atoms with van der Waals surface area (Å²) < 4.78 is 107. The van der Waals surface area contributed by atoms with E-state index in [2.05, 4.69) is 15.5 Å². The summed E-state index contributed by atoms with van der Waals surface area (Å²) in [6, 6.07) is 8.62. The fraction of sp³-hybridized carbons (Fsp3) is 0.522. The van der Waals surface area contributed by atoms with Crippen LogP contribution in [0.3, 0.4) is 0 Å². The minimum absolute atomic E-state index is 0.00709. The molecule has 20 heteroatoms. The predicted molar refractivity (Wildman–Crippen MR) is 248 cm³/mol. The van der Waals surface area contributed by atoms with E-state index in [4.69, 9.17) is 0 Å². The number of anilines is 1. The van der Waals surface area contributed by atoms with Gasteiger partial charge in [-0.3, -0.25) is 23.5 Å². The average Bonchev–Trinajstić information content (AvgIpc) is 3.60. The van der Waals surface area contributed by atoms with Crippen molar-refractivity contribution >= 4 is 65.2 Å². The molecule has 0 bridgehead atoms. The first-order chi connectivity index (χ1) is 31.0. The predicted octanol–water partition coefficient (Wildman–Crippen LogP) is 6.04. The summed E-state index contributed by atoms with van der Waals surface area (Å²) in [4.78, 5) is 38.0. The minimum Gasteiger partial charge on any atom is -0.744 e. The van der Waals surface area contributed by atoms with E-state index in [1.54, 1.807) is 24.3 Å². The number of hydrogen-bond acceptors (Lipinski definition) is 11. The van der Waals surface area contributed by atoms with E-state index in [9.17, 15) is 58.4 Å². The van der Waals surface area contributed by atoms with Crippen LogP contribution in [0, 0.1) is 0 Å². The number of carbonyl (C=O) groups is 3. The molecular formula is C46H62N4O13S3. The van der Waals surface area contributed by atoms with Crippen LogP contribution in [0.5, 0.6) is 0 Å². The molecule has 0 aliphatic carbocycles. The van der Waals surface area contributed by atoms with Crippen LogP contribution in [0.4, 0.5) is 11.4 Å². The molecule has 3 aliphatic heterocycles. The third-order valence-corrected chi connectivity index (χ3v) is 15.2. The first-order valence-electron chi connectivity index (χ1n) is 22.5. The van der Waals surface area contributed by atoms with Crippen molar-refractivity contribution in [3.05, 3.63) is 83.6 Å². The normalized spacial score (nSPS) is 22.0. The summed E-state index contributed by atoms with van der Waals surface area (Å²) in [6.45, 7) is 5.08. The van der Waals surface area contributed by atoms with Crippen LogP contribution < -0.4 is 15.5 Å². The smallest absolute Gasteiger partial charge is 0.303 e. The fourth-order valence-corrected chi connectivity index (χ4v) is 10.8. The van der Waals surface area contributed by atoms with Gasteiger partial charge in [-0.1, -0.05) is 50.3 Å². The molecule has 0 spiro atoms. The van der Waals surface area contributed by atoms with Crippen molar-refractivity contribution in [1.29, 1.82) is 0 Å². The van der Waals surface area contributed by atoms with Crippen LogP contribution in [0.15, 0.2) is 82.3 Å². The Morgan fingerprint density at radius 1 is 0.788 bits per heavy atom. The number of hydrogen-bond donors (Lipinski definition) is 5. The van der Waals surface area contributed by atoms with E-state index in [1.165, 1.54) is 24.3 Å². The van der Waals surface area contributed by atoms with Gasteiger partial charge in [0, 0.05) is 79.8 Å². The van der Waals surface area contributed by atoms with E-state index in [-0.39, 0.29) is 60.5 Å². The molecule has 2 unspecified atom stereocenters. The molecular weight excluding hydrogens is 913 g/mol. The molecule has 5 rings (SSSR count). The second-order valence-corrected chi connectivity index (χ2v) is 22.0. The van der Waals surface area contributed by atoms with Gasteiger partial charge in [0.15, 0.2) is 5.71 Å². The van der Waals surface area contributed by atoms with E-state index >= 15 is 0 Å². The molecule has 66 heavy (non-hydrogen) atoms. The Morgan fingerprint density at radius 2 is 1.44 bits per heavy atom. The van der Waals surface area contributed by atoms with Gasteiger partial charge in [0.2, 0.25) is 17.5 Å². The van der Waals surface area contributed by atoms with Gasteiger partial charge in [0.1, 0.15) is 16.7 Å². The Bertz CT molecular complexity index is 2610. The van der Waals surface area contributed by atoms with Gasteiger partial charge in [0.05, 0.1) is 21.0 Å². The lowest BCUT2D eigenvalue weighted by atomic mass is 9.75. The van der Waals surface area contributed by atoms with Gasteiger partial charge in [-0.05, 0) is 94.3 Å². The minimum atomic E-state index is -4.81. The van der Waals surface area contributed by atoms with Gasteiger partial charge >= 0.3 is 5.97 Å². The van der Waals surface area contributed by atoms with E-state index in [0.29, 0.717) is 106 Å². The van der Waals surface area contributed by atoms with Crippen molar-refractivity contribution < 1.29 is 63.0 Å². The summed E-state index contributed by atoms with van der Waals surface area (Å²) >= 11 is 0. The van der Waals surface area contributed by atoms with Crippen LogP contribution in [-0.4, -0.2) is 104 Å². The molecule has 17 nitrogen and oxygen atoms in total. The van der Waals surface area contributed by atoms with Gasteiger partial charge in [-0.25, -0.2) is 8.42 Å². The number of fused-ring (bicyclic) bond motifs is 6. The van der Waals surface area contributed by atoms with E-state index in [1.807, 2.05) is 36.7 Å².